The van der Waals surface area contributed by atoms with E-state index >= 15 is 0 Å². The molecule has 1 N–H and O–H groups in total. The van der Waals surface area contributed by atoms with E-state index in [4.69, 9.17) is 4.55 Å². The number of nitrogens with zero attached hydrogens (tertiary/aromatic N) is 1. The molecule has 95 valence electrons. The summed E-state index contributed by atoms with van der Waals surface area (Å²) in [6.07, 6.45) is 0.246. The molecule has 0 aromatic heterocycles. The average Bonchev–Trinajstić information content (AvgIpc) is 2.23. The van der Waals surface area contributed by atoms with Gasteiger partial charge in [-0.3, -0.25) is 14.7 Å². The minimum absolute atomic E-state index is 0. The Morgan fingerprint density at radius 1 is 1.33 bits per heavy atom. The van der Waals surface area contributed by atoms with Gasteiger partial charge >= 0.3 is 0 Å². The van der Waals surface area contributed by atoms with Crippen LogP contribution in [-0.2, 0) is 10.1 Å². The van der Waals surface area contributed by atoms with Crippen molar-refractivity contribution in [3.8, 4) is 0 Å². The minimum Gasteiger partial charge on any atom is -0.286 e. The van der Waals surface area contributed by atoms with Crippen molar-refractivity contribution in [2.45, 2.75) is 11.3 Å². The Labute approximate surface area is 131 Å². The van der Waals surface area contributed by atoms with Gasteiger partial charge in [-0.2, -0.15) is 8.42 Å². The van der Waals surface area contributed by atoms with Gasteiger partial charge in [-0.1, -0.05) is 12.1 Å². The Bertz CT molecular complexity index is 505. The van der Waals surface area contributed by atoms with Crippen molar-refractivity contribution in [2.24, 2.45) is 0 Å². The standard InChI is InChI=1S/C9H11NO5S2.Na/c11-10(12)8-4-1-2-5-9(8)16-6-3-7-17(13,14)15;/h1-2,4-5H,3,6-7H2,(H,13,14,15);. The molecule has 0 aliphatic heterocycles. The average molecular weight is 300 g/mol. The van der Waals surface area contributed by atoms with Crippen LogP contribution in [0.3, 0.4) is 0 Å². The molecule has 0 bridgehead atoms. The van der Waals surface area contributed by atoms with Crippen LogP contribution in [-0.4, -0.2) is 59.0 Å². The number of para-hydroxylation sites is 1. The fourth-order valence-corrected chi connectivity index (χ4v) is 2.82. The molecule has 0 unspecified atom stereocenters. The van der Waals surface area contributed by atoms with Crippen molar-refractivity contribution < 1.29 is 17.9 Å². The van der Waals surface area contributed by atoms with Crippen molar-refractivity contribution in [1.82, 2.24) is 0 Å². The number of benzene rings is 1. The van der Waals surface area contributed by atoms with E-state index in [2.05, 4.69) is 0 Å². The molecule has 18 heavy (non-hydrogen) atoms. The molecule has 0 saturated heterocycles. The molecule has 6 nitrogen and oxygen atoms in total. The third-order valence-electron chi connectivity index (χ3n) is 1.87. The van der Waals surface area contributed by atoms with Gasteiger partial charge in [-0.25, -0.2) is 0 Å². The van der Waals surface area contributed by atoms with Crippen molar-refractivity contribution in [3.05, 3.63) is 34.4 Å². The molecular formula is C9H11NNaO5S2. The first-order chi connectivity index (χ1) is 7.90. The summed E-state index contributed by atoms with van der Waals surface area (Å²) in [5.41, 5.74) is 0.00403. The van der Waals surface area contributed by atoms with Gasteiger partial charge < -0.3 is 0 Å². The summed E-state index contributed by atoms with van der Waals surface area (Å²) in [6, 6.07) is 6.25. The molecule has 0 amide bonds. The maximum absolute atomic E-state index is 10.7. The van der Waals surface area contributed by atoms with E-state index in [1.807, 2.05) is 0 Å². The number of hydrogen-bond donors (Lipinski definition) is 1. The molecule has 9 heteroatoms. The van der Waals surface area contributed by atoms with Crippen LogP contribution in [0.15, 0.2) is 29.2 Å². The quantitative estimate of drug-likeness (QED) is 0.214. The van der Waals surface area contributed by atoms with Crippen LogP contribution in [0.1, 0.15) is 6.42 Å². The Morgan fingerprint density at radius 2 is 1.94 bits per heavy atom. The maximum atomic E-state index is 10.7. The van der Waals surface area contributed by atoms with Gasteiger partial charge in [-0.05, 0) is 18.2 Å². The van der Waals surface area contributed by atoms with Crippen molar-refractivity contribution >= 4 is 57.1 Å². The zero-order valence-electron chi connectivity index (χ0n) is 9.77. The summed E-state index contributed by atoms with van der Waals surface area (Å²) in [5.74, 6) is 0.0608. The molecule has 0 spiro atoms. The van der Waals surface area contributed by atoms with E-state index in [-0.39, 0.29) is 47.4 Å². The molecule has 1 aromatic rings. The summed E-state index contributed by atoms with van der Waals surface area (Å²) in [7, 11) is -3.95. The number of hydrogen-bond acceptors (Lipinski definition) is 5. The SMILES string of the molecule is O=[N+]([O-])c1ccccc1SCCCS(=O)(=O)O.[Na]. The predicted molar refractivity (Wildman–Crippen MR) is 70.6 cm³/mol. The third kappa shape index (κ3) is 6.72. The van der Waals surface area contributed by atoms with E-state index in [9.17, 15) is 18.5 Å². The molecule has 1 aromatic carbocycles. The monoisotopic (exact) mass is 300 g/mol. The first-order valence-corrected chi connectivity index (χ1v) is 7.31. The zero-order chi connectivity index (χ0) is 12.9. The van der Waals surface area contributed by atoms with Crippen LogP contribution in [0, 0.1) is 10.1 Å². The van der Waals surface area contributed by atoms with Crippen molar-refractivity contribution in [1.29, 1.82) is 0 Å². The third-order valence-corrected chi connectivity index (χ3v) is 3.82. The zero-order valence-corrected chi connectivity index (χ0v) is 13.4. The van der Waals surface area contributed by atoms with Gasteiger partial charge in [0.2, 0.25) is 0 Å². The Balaban J connectivity index is 0.00000289. The second kappa shape index (κ2) is 8.13. The number of thioether (sulfide) groups is 1. The van der Waals surface area contributed by atoms with Gasteiger partial charge in [-0.15, -0.1) is 11.8 Å². The van der Waals surface area contributed by atoms with E-state index < -0.39 is 15.0 Å². The van der Waals surface area contributed by atoms with E-state index in [0.29, 0.717) is 10.6 Å². The Kier molecular flexibility index (Phi) is 8.08. The fraction of sp³-hybridized carbons (Fsp3) is 0.333. The van der Waals surface area contributed by atoms with E-state index in [1.54, 1.807) is 18.2 Å². The van der Waals surface area contributed by atoms with Crippen molar-refractivity contribution in [2.75, 3.05) is 11.5 Å². The maximum Gasteiger partial charge on any atom is 0.282 e. The molecular weight excluding hydrogens is 289 g/mol. The van der Waals surface area contributed by atoms with E-state index in [1.165, 1.54) is 17.8 Å². The number of rotatable bonds is 6. The van der Waals surface area contributed by atoms with Gasteiger partial charge in [0.1, 0.15) is 0 Å². The van der Waals surface area contributed by atoms with Crippen molar-refractivity contribution in [3.63, 3.8) is 0 Å². The van der Waals surface area contributed by atoms with Crippen LogP contribution in [0.2, 0.25) is 0 Å². The Morgan fingerprint density at radius 3 is 2.50 bits per heavy atom. The van der Waals surface area contributed by atoms with Crippen LogP contribution in [0.5, 0.6) is 0 Å². The normalized spacial score (nSPS) is 10.7. The summed E-state index contributed by atoms with van der Waals surface area (Å²) in [5, 5.41) is 10.7. The van der Waals surface area contributed by atoms with Crippen LogP contribution in [0.4, 0.5) is 5.69 Å². The smallest absolute Gasteiger partial charge is 0.282 e. The fourth-order valence-electron chi connectivity index (χ4n) is 1.15. The molecule has 0 fully saturated rings. The number of nitro groups is 1. The first-order valence-electron chi connectivity index (χ1n) is 4.71. The second-order valence-corrected chi connectivity index (χ2v) is 5.92. The predicted octanol–water partition coefficient (Wildman–Crippen LogP) is 1.58. The molecule has 0 saturated carbocycles. The molecule has 0 aliphatic rings. The largest absolute Gasteiger partial charge is 0.286 e. The van der Waals surface area contributed by atoms with Crippen LogP contribution in [0.25, 0.3) is 0 Å². The Hall–Kier alpha value is -0.120. The van der Waals surface area contributed by atoms with Gasteiger partial charge in [0.15, 0.2) is 0 Å². The minimum atomic E-state index is -3.95. The first kappa shape index (κ1) is 17.9. The molecule has 0 atom stereocenters. The van der Waals surface area contributed by atoms with E-state index in [0.717, 1.165) is 0 Å². The van der Waals surface area contributed by atoms with Gasteiger partial charge in [0.05, 0.1) is 15.6 Å². The van der Waals surface area contributed by atoms with Gasteiger partial charge in [0.25, 0.3) is 15.8 Å². The molecule has 0 heterocycles. The summed E-state index contributed by atoms with van der Waals surface area (Å²) < 4.78 is 29.4. The van der Waals surface area contributed by atoms with Crippen LogP contribution < -0.4 is 0 Å². The van der Waals surface area contributed by atoms with Crippen LogP contribution >= 0.6 is 11.8 Å². The topological polar surface area (TPSA) is 97.5 Å². The summed E-state index contributed by atoms with van der Waals surface area (Å²) >= 11 is 1.20. The second-order valence-electron chi connectivity index (χ2n) is 3.21. The summed E-state index contributed by atoms with van der Waals surface area (Å²) in [6.45, 7) is 0. The van der Waals surface area contributed by atoms with Gasteiger partial charge in [0, 0.05) is 35.6 Å². The summed E-state index contributed by atoms with van der Waals surface area (Å²) in [4.78, 5) is 10.7. The molecule has 1 radical (unpaired) electrons. The molecule has 0 aliphatic carbocycles. The number of nitro benzene ring substituents is 1. The molecule has 1 rings (SSSR count).